The van der Waals surface area contributed by atoms with Crippen LogP contribution in [0.15, 0.2) is 0 Å². The van der Waals surface area contributed by atoms with Crippen molar-refractivity contribution in [3.63, 3.8) is 0 Å². The van der Waals surface area contributed by atoms with Gasteiger partial charge in [0.15, 0.2) is 5.11 Å². The van der Waals surface area contributed by atoms with E-state index in [2.05, 4.69) is 10.6 Å². The summed E-state index contributed by atoms with van der Waals surface area (Å²) >= 11 is 5.09. The van der Waals surface area contributed by atoms with Gasteiger partial charge in [-0.05, 0) is 31.5 Å². The Hall–Kier alpha value is -0.390. The lowest BCUT2D eigenvalue weighted by Crippen LogP contribution is -2.38. The van der Waals surface area contributed by atoms with Crippen LogP contribution in [0.4, 0.5) is 0 Å². The Labute approximate surface area is 96.7 Å². The van der Waals surface area contributed by atoms with Gasteiger partial charge in [0.2, 0.25) is 0 Å². The summed E-state index contributed by atoms with van der Waals surface area (Å²) in [5, 5.41) is 6.92. The molecule has 1 rings (SSSR count). The molecular weight excluding hydrogens is 212 g/mol. The lowest BCUT2D eigenvalue weighted by atomic mass is 10.2. The van der Waals surface area contributed by atoms with Crippen molar-refractivity contribution in [3.05, 3.63) is 0 Å². The highest BCUT2D eigenvalue weighted by Crippen LogP contribution is 2.14. The maximum absolute atomic E-state index is 5.51. The highest BCUT2D eigenvalue weighted by molar-refractivity contribution is 7.80. The number of hydrogen-bond donors (Lipinski definition) is 2. The fourth-order valence-electron chi connectivity index (χ4n) is 1.55. The Kier molecular flexibility index (Phi) is 6.63. The average molecular weight is 232 g/mol. The summed E-state index contributed by atoms with van der Waals surface area (Å²) in [7, 11) is 1.68. The van der Waals surface area contributed by atoms with Crippen molar-refractivity contribution in [2.24, 2.45) is 0 Å². The minimum atomic E-state index is 0.430. The third kappa shape index (κ3) is 5.92. The number of ether oxygens (including phenoxy) is 2. The molecule has 0 spiro atoms. The van der Waals surface area contributed by atoms with Gasteiger partial charge in [-0.2, -0.15) is 0 Å². The summed E-state index contributed by atoms with van der Waals surface area (Å²) in [4.78, 5) is 0. The van der Waals surface area contributed by atoms with Gasteiger partial charge in [0.1, 0.15) is 0 Å². The Morgan fingerprint density at radius 1 is 1.47 bits per heavy atom. The van der Waals surface area contributed by atoms with E-state index >= 15 is 0 Å². The van der Waals surface area contributed by atoms with Crippen LogP contribution in [0, 0.1) is 0 Å². The molecule has 2 N–H and O–H groups in total. The second-order valence-electron chi connectivity index (χ2n) is 3.60. The smallest absolute Gasteiger partial charge is 0.166 e. The zero-order valence-corrected chi connectivity index (χ0v) is 10.1. The van der Waals surface area contributed by atoms with Crippen LogP contribution >= 0.6 is 12.2 Å². The molecule has 1 fully saturated rings. The maximum atomic E-state index is 5.51. The van der Waals surface area contributed by atoms with Gasteiger partial charge in [0.05, 0.1) is 12.7 Å². The predicted molar refractivity (Wildman–Crippen MR) is 64.1 cm³/mol. The van der Waals surface area contributed by atoms with E-state index in [0.717, 1.165) is 26.1 Å². The van der Waals surface area contributed by atoms with E-state index in [1.807, 2.05) is 0 Å². The third-order valence-corrected chi connectivity index (χ3v) is 2.66. The topological polar surface area (TPSA) is 42.5 Å². The van der Waals surface area contributed by atoms with Crippen LogP contribution in [-0.4, -0.2) is 44.6 Å². The first-order chi connectivity index (χ1) is 7.33. The van der Waals surface area contributed by atoms with Gasteiger partial charge in [-0.1, -0.05) is 0 Å². The van der Waals surface area contributed by atoms with Crippen LogP contribution in [0.2, 0.25) is 0 Å². The van der Waals surface area contributed by atoms with Gasteiger partial charge in [0, 0.05) is 26.8 Å². The van der Waals surface area contributed by atoms with E-state index < -0.39 is 0 Å². The number of nitrogens with one attached hydrogen (secondary N) is 2. The molecule has 0 aromatic heterocycles. The fraction of sp³-hybridized carbons (Fsp3) is 0.900. The van der Waals surface area contributed by atoms with Crippen LogP contribution in [0.5, 0.6) is 0 Å². The van der Waals surface area contributed by atoms with Crippen molar-refractivity contribution in [2.75, 3.05) is 33.4 Å². The van der Waals surface area contributed by atoms with Gasteiger partial charge < -0.3 is 20.1 Å². The molecule has 0 aromatic rings. The van der Waals surface area contributed by atoms with Crippen molar-refractivity contribution in [1.29, 1.82) is 0 Å². The highest BCUT2D eigenvalue weighted by atomic mass is 32.1. The number of hydrogen-bond acceptors (Lipinski definition) is 3. The van der Waals surface area contributed by atoms with E-state index in [1.165, 1.54) is 12.8 Å². The summed E-state index contributed by atoms with van der Waals surface area (Å²) in [5.41, 5.74) is 0. The van der Waals surface area contributed by atoms with Gasteiger partial charge >= 0.3 is 0 Å². The molecule has 1 aliphatic heterocycles. The van der Waals surface area contributed by atoms with E-state index in [4.69, 9.17) is 21.7 Å². The molecule has 1 unspecified atom stereocenters. The summed E-state index contributed by atoms with van der Waals surface area (Å²) in [5.74, 6) is 0. The summed E-state index contributed by atoms with van der Waals surface area (Å²) in [6.45, 7) is 3.22. The first-order valence-electron chi connectivity index (χ1n) is 5.45. The standard InChI is InChI=1S/C10H20N2O2S/c1-13-8-6-12-10(15)11-5-4-9-3-2-7-14-9/h9H,2-8H2,1H3,(H2,11,12,15). The van der Waals surface area contributed by atoms with Gasteiger partial charge in [0.25, 0.3) is 0 Å². The Balaban J connectivity index is 1.91. The van der Waals surface area contributed by atoms with E-state index in [1.54, 1.807) is 7.11 Å². The maximum Gasteiger partial charge on any atom is 0.166 e. The lowest BCUT2D eigenvalue weighted by molar-refractivity contribution is 0.105. The van der Waals surface area contributed by atoms with Gasteiger partial charge in [-0.25, -0.2) is 0 Å². The van der Waals surface area contributed by atoms with Crippen molar-refractivity contribution in [3.8, 4) is 0 Å². The van der Waals surface area contributed by atoms with Crippen molar-refractivity contribution < 1.29 is 9.47 Å². The first-order valence-corrected chi connectivity index (χ1v) is 5.86. The number of rotatable bonds is 6. The molecule has 1 saturated heterocycles. The predicted octanol–water partition coefficient (Wildman–Crippen LogP) is 0.666. The second kappa shape index (κ2) is 7.84. The molecule has 1 heterocycles. The second-order valence-corrected chi connectivity index (χ2v) is 4.01. The van der Waals surface area contributed by atoms with Crippen LogP contribution in [0.25, 0.3) is 0 Å². The van der Waals surface area contributed by atoms with Crippen molar-refractivity contribution in [2.45, 2.75) is 25.4 Å². The molecule has 15 heavy (non-hydrogen) atoms. The molecule has 0 amide bonds. The highest BCUT2D eigenvalue weighted by Gasteiger charge is 2.14. The van der Waals surface area contributed by atoms with Crippen LogP contribution in [-0.2, 0) is 9.47 Å². The van der Waals surface area contributed by atoms with E-state index in [9.17, 15) is 0 Å². The SMILES string of the molecule is COCCNC(=S)NCCC1CCCO1. The monoisotopic (exact) mass is 232 g/mol. The summed E-state index contributed by atoms with van der Waals surface area (Å²) in [6.07, 6.45) is 3.85. The van der Waals surface area contributed by atoms with Crippen LogP contribution < -0.4 is 10.6 Å². The number of methoxy groups -OCH3 is 1. The van der Waals surface area contributed by atoms with Crippen LogP contribution in [0.3, 0.4) is 0 Å². The molecule has 0 aromatic carbocycles. The summed E-state index contributed by atoms with van der Waals surface area (Å²) < 4.78 is 10.4. The first kappa shape index (κ1) is 12.7. The zero-order chi connectivity index (χ0) is 10.9. The van der Waals surface area contributed by atoms with Gasteiger partial charge in [-0.3, -0.25) is 0 Å². The van der Waals surface area contributed by atoms with E-state index in [-0.39, 0.29) is 0 Å². The molecule has 5 heteroatoms. The minimum Gasteiger partial charge on any atom is -0.383 e. The normalized spacial score (nSPS) is 20.2. The molecule has 88 valence electrons. The molecule has 1 aliphatic rings. The quantitative estimate of drug-likeness (QED) is 0.520. The fourth-order valence-corrected chi connectivity index (χ4v) is 1.75. The molecule has 4 nitrogen and oxygen atoms in total. The van der Waals surface area contributed by atoms with Crippen molar-refractivity contribution in [1.82, 2.24) is 10.6 Å². The molecule has 1 atom stereocenters. The Morgan fingerprint density at radius 3 is 2.93 bits per heavy atom. The van der Waals surface area contributed by atoms with Crippen molar-refractivity contribution >= 4 is 17.3 Å². The largest absolute Gasteiger partial charge is 0.383 e. The Morgan fingerprint density at radius 2 is 2.27 bits per heavy atom. The number of thiocarbonyl (C=S) groups is 1. The molecule has 0 radical (unpaired) electrons. The Bertz CT molecular complexity index is 184. The third-order valence-electron chi connectivity index (χ3n) is 2.37. The van der Waals surface area contributed by atoms with Gasteiger partial charge in [-0.15, -0.1) is 0 Å². The lowest BCUT2D eigenvalue weighted by Gasteiger charge is -2.12. The van der Waals surface area contributed by atoms with Crippen LogP contribution in [0.1, 0.15) is 19.3 Å². The molecule has 0 aliphatic carbocycles. The zero-order valence-electron chi connectivity index (χ0n) is 9.25. The summed E-state index contributed by atoms with van der Waals surface area (Å²) in [6, 6.07) is 0. The minimum absolute atomic E-state index is 0.430. The molecule has 0 bridgehead atoms. The van der Waals surface area contributed by atoms with E-state index in [0.29, 0.717) is 17.8 Å². The molecule has 0 saturated carbocycles. The molecular formula is C10H20N2O2S. The average Bonchev–Trinajstić information content (AvgIpc) is 2.71.